The van der Waals surface area contributed by atoms with Crippen LogP contribution in [0.1, 0.15) is 11.3 Å². The lowest BCUT2D eigenvalue weighted by Crippen LogP contribution is -1.96. The smallest absolute Gasteiger partial charge is 0.235 e. The summed E-state index contributed by atoms with van der Waals surface area (Å²) in [5.41, 5.74) is 1.15. The Labute approximate surface area is 110 Å². The molecule has 0 unspecified atom stereocenters. The molecule has 1 aromatic heterocycles. The molecule has 18 heavy (non-hydrogen) atoms. The van der Waals surface area contributed by atoms with Crippen molar-refractivity contribution in [2.45, 2.75) is 11.8 Å². The van der Waals surface area contributed by atoms with Crippen LogP contribution in [-0.4, -0.2) is 16.0 Å². The van der Waals surface area contributed by atoms with Gasteiger partial charge in [0.2, 0.25) is 5.88 Å². The minimum Gasteiger partial charge on any atom is -0.438 e. The minimum absolute atomic E-state index is 0.478. The molecule has 1 aromatic carbocycles. The van der Waals surface area contributed by atoms with E-state index in [1.54, 1.807) is 30.4 Å². The normalized spacial score (nSPS) is 10.1. The molecule has 2 aromatic rings. The van der Waals surface area contributed by atoms with E-state index in [-0.39, 0.29) is 0 Å². The first-order valence-electron chi connectivity index (χ1n) is 5.41. The van der Waals surface area contributed by atoms with E-state index in [0.717, 1.165) is 0 Å². The molecule has 0 aliphatic rings. The zero-order chi connectivity index (χ0) is 13.1. The van der Waals surface area contributed by atoms with Gasteiger partial charge in [0.05, 0.1) is 5.69 Å². The molecule has 0 radical (unpaired) electrons. The fourth-order valence-corrected chi connectivity index (χ4v) is 2.05. The van der Waals surface area contributed by atoms with Gasteiger partial charge in [0, 0.05) is 11.9 Å². The van der Waals surface area contributed by atoms with Crippen LogP contribution in [0.4, 0.5) is 0 Å². The van der Waals surface area contributed by atoms with Crippen molar-refractivity contribution in [2.75, 3.05) is 6.26 Å². The second-order valence-electron chi connectivity index (χ2n) is 3.78. The van der Waals surface area contributed by atoms with Crippen molar-refractivity contribution in [3.05, 3.63) is 35.5 Å². The molecule has 0 aliphatic carbocycles. The summed E-state index contributed by atoms with van der Waals surface area (Å²) >= 11 is 1.67. The van der Waals surface area contributed by atoms with Crippen molar-refractivity contribution >= 4 is 11.8 Å². The predicted molar refractivity (Wildman–Crippen MR) is 71.0 cm³/mol. The van der Waals surface area contributed by atoms with E-state index >= 15 is 0 Å². The molecule has 0 amide bonds. The van der Waals surface area contributed by atoms with Crippen LogP contribution in [0.5, 0.6) is 11.6 Å². The summed E-state index contributed by atoms with van der Waals surface area (Å²) in [6, 6.07) is 9.85. The Balaban J connectivity index is 2.31. The molecule has 0 spiro atoms. The Kier molecular flexibility index (Phi) is 3.58. The van der Waals surface area contributed by atoms with Gasteiger partial charge in [0.25, 0.3) is 0 Å². The molecule has 0 bridgehead atoms. The fraction of sp³-hybridized carbons (Fsp3) is 0.231. The highest BCUT2D eigenvalue weighted by Crippen LogP contribution is 2.27. The third kappa shape index (κ3) is 2.34. The van der Waals surface area contributed by atoms with Gasteiger partial charge in [-0.15, -0.1) is 11.8 Å². The van der Waals surface area contributed by atoms with Crippen LogP contribution >= 0.6 is 11.8 Å². The Morgan fingerprint density at radius 2 is 2.00 bits per heavy atom. The van der Waals surface area contributed by atoms with Crippen LogP contribution in [0.25, 0.3) is 0 Å². The number of nitrogens with zero attached hydrogens (tertiary/aromatic N) is 3. The monoisotopic (exact) mass is 259 g/mol. The molecule has 1 heterocycles. The standard InChI is InChI=1S/C13H13N3OS/c1-9-12(8-14)13(16(2)15-9)17-10-4-6-11(18-3)7-5-10/h4-7H,1-3H3. The van der Waals surface area contributed by atoms with Gasteiger partial charge >= 0.3 is 0 Å². The van der Waals surface area contributed by atoms with Gasteiger partial charge < -0.3 is 4.74 Å². The van der Waals surface area contributed by atoms with Crippen LogP contribution in [0.3, 0.4) is 0 Å². The topological polar surface area (TPSA) is 50.8 Å². The quantitative estimate of drug-likeness (QED) is 0.795. The second-order valence-corrected chi connectivity index (χ2v) is 4.66. The summed E-state index contributed by atoms with van der Waals surface area (Å²) in [6.07, 6.45) is 2.02. The van der Waals surface area contributed by atoms with E-state index in [2.05, 4.69) is 11.2 Å². The minimum atomic E-state index is 0.478. The van der Waals surface area contributed by atoms with Crippen molar-refractivity contribution in [1.29, 1.82) is 5.26 Å². The highest BCUT2D eigenvalue weighted by Gasteiger charge is 2.14. The molecule has 2 rings (SSSR count). The molecule has 0 atom stereocenters. The van der Waals surface area contributed by atoms with Crippen molar-refractivity contribution in [2.24, 2.45) is 7.05 Å². The van der Waals surface area contributed by atoms with E-state index in [1.165, 1.54) is 4.90 Å². The van der Waals surface area contributed by atoms with Gasteiger partial charge in [-0.2, -0.15) is 10.4 Å². The summed E-state index contributed by atoms with van der Waals surface area (Å²) in [7, 11) is 1.76. The van der Waals surface area contributed by atoms with Gasteiger partial charge in [-0.3, -0.25) is 0 Å². The van der Waals surface area contributed by atoms with E-state index in [9.17, 15) is 0 Å². The number of hydrogen-bond acceptors (Lipinski definition) is 4. The Morgan fingerprint density at radius 3 is 2.56 bits per heavy atom. The number of hydrogen-bond donors (Lipinski definition) is 0. The van der Waals surface area contributed by atoms with E-state index in [4.69, 9.17) is 10.00 Å². The van der Waals surface area contributed by atoms with Gasteiger partial charge in [-0.05, 0) is 37.4 Å². The van der Waals surface area contributed by atoms with Crippen LogP contribution in [0, 0.1) is 18.3 Å². The number of rotatable bonds is 3. The lowest BCUT2D eigenvalue weighted by molar-refractivity contribution is 0.429. The van der Waals surface area contributed by atoms with Gasteiger partial charge in [0.15, 0.2) is 0 Å². The van der Waals surface area contributed by atoms with Crippen molar-refractivity contribution < 1.29 is 4.74 Å². The fourth-order valence-electron chi connectivity index (χ4n) is 1.64. The zero-order valence-electron chi connectivity index (χ0n) is 10.5. The lowest BCUT2D eigenvalue weighted by Gasteiger charge is -2.06. The molecule has 0 N–H and O–H groups in total. The van der Waals surface area contributed by atoms with Crippen LogP contribution in [0.15, 0.2) is 29.2 Å². The van der Waals surface area contributed by atoms with Crippen molar-refractivity contribution in [3.8, 4) is 17.7 Å². The first-order valence-corrected chi connectivity index (χ1v) is 6.63. The number of benzene rings is 1. The van der Waals surface area contributed by atoms with Crippen molar-refractivity contribution in [3.63, 3.8) is 0 Å². The molecule has 5 heteroatoms. The average Bonchev–Trinajstić information content (AvgIpc) is 2.64. The zero-order valence-corrected chi connectivity index (χ0v) is 11.3. The number of ether oxygens (including phenoxy) is 1. The first-order chi connectivity index (χ1) is 8.65. The Bertz CT molecular complexity index is 596. The van der Waals surface area contributed by atoms with E-state index < -0.39 is 0 Å². The summed E-state index contributed by atoms with van der Waals surface area (Å²) in [6.45, 7) is 1.79. The first kappa shape index (κ1) is 12.5. The molecule has 4 nitrogen and oxygen atoms in total. The molecular formula is C13H13N3OS. The molecule has 0 fully saturated rings. The number of aromatic nitrogens is 2. The van der Waals surface area contributed by atoms with Crippen LogP contribution < -0.4 is 4.74 Å². The molecule has 0 saturated carbocycles. The van der Waals surface area contributed by atoms with Gasteiger partial charge in [0.1, 0.15) is 17.4 Å². The second kappa shape index (κ2) is 5.15. The van der Waals surface area contributed by atoms with Gasteiger partial charge in [-0.25, -0.2) is 4.68 Å². The SMILES string of the molecule is CSc1ccc(Oc2c(C#N)c(C)nn2C)cc1. The van der Waals surface area contributed by atoms with Crippen molar-refractivity contribution in [1.82, 2.24) is 9.78 Å². The summed E-state index contributed by atoms with van der Waals surface area (Å²) < 4.78 is 7.30. The maximum atomic E-state index is 9.09. The summed E-state index contributed by atoms with van der Waals surface area (Å²) in [5.74, 6) is 1.18. The Hall–Kier alpha value is -1.93. The molecule has 0 saturated heterocycles. The predicted octanol–water partition coefficient (Wildman–Crippen LogP) is 3.11. The summed E-state index contributed by atoms with van der Waals surface area (Å²) in [5, 5.41) is 13.3. The highest BCUT2D eigenvalue weighted by molar-refractivity contribution is 7.98. The van der Waals surface area contributed by atoms with Crippen LogP contribution in [-0.2, 0) is 7.05 Å². The maximum absolute atomic E-state index is 9.09. The highest BCUT2D eigenvalue weighted by atomic mass is 32.2. The van der Waals surface area contributed by atoms with Gasteiger partial charge in [-0.1, -0.05) is 0 Å². The average molecular weight is 259 g/mol. The lowest BCUT2D eigenvalue weighted by atomic mass is 10.3. The van der Waals surface area contributed by atoms with E-state index in [1.807, 2.05) is 30.5 Å². The number of thioether (sulfide) groups is 1. The van der Waals surface area contributed by atoms with Crippen LogP contribution in [0.2, 0.25) is 0 Å². The molecule has 92 valence electrons. The number of aryl methyl sites for hydroxylation is 2. The van der Waals surface area contributed by atoms with E-state index in [0.29, 0.717) is 22.9 Å². The third-order valence-corrected chi connectivity index (χ3v) is 3.30. The number of nitriles is 1. The maximum Gasteiger partial charge on any atom is 0.235 e. The Morgan fingerprint density at radius 1 is 1.33 bits per heavy atom. The third-order valence-electron chi connectivity index (χ3n) is 2.56. The summed E-state index contributed by atoms with van der Waals surface area (Å²) in [4.78, 5) is 1.17. The largest absolute Gasteiger partial charge is 0.438 e. The molecular weight excluding hydrogens is 246 g/mol. The molecule has 0 aliphatic heterocycles.